The summed E-state index contributed by atoms with van der Waals surface area (Å²) >= 11 is 0. The Morgan fingerprint density at radius 2 is 2.00 bits per heavy atom. The van der Waals surface area contributed by atoms with Gasteiger partial charge in [0.1, 0.15) is 5.82 Å². The van der Waals surface area contributed by atoms with Gasteiger partial charge in [-0.2, -0.15) is 0 Å². The maximum Gasteiger partial charge on any atom is 0.127 e. The van der Waals surface area contributed by atoms with E-state index in [-0.39, 0.29) is 24.8 Å². The Balaban J connectivity index is 0.000001000. The van der Waals surface area contributed by atoms with Crippen LogP contribution in [0.5, 0.6) is 0 Å². The van der Waals surface area contributed by atoms with Crippen LogP contribution in [-0.4, -0.2) is 0 Å². The minimum absolute atomic E-state index is 0. The highest BCUT2D eigenvalue weighted by Crippen LogP contribution is 2.10. The highest BCUT2D eigenvalue weighted by atomic mass is 35.5. The second-order valence-corrected chi connectivity index (χ2v) is 2.05. The van der Waals surface area contributed by atoms with E-state index in [1.807, 2.05) is 0 Å². The van der Waals surface area contributed by atoms with Gasteiger partial charge in [-0.3, -0.25) is 0 Å². The Morgan fingerprint density at radius 1 is 1.36 bits per heavy atom. The molecular formula is C7H10ClFN2. The zero-order valence-corrected chi connectivity index (χ0v) is 6.70. The van der Waals surface area contributed by atoms with Gasteiger partial charge >= 0.3 is 0 Å². The molecule has 1 aromatic carbocycles. The number of nitrogens with two attached hydrogens (primary N) is 2. The average molecular weight is 177 g/mol. The van der Waals surface area contributed by atoms with Crippen LogP contribution in [0.25, 0.3) is 0 Å². The summed E-state index contributed by atoms with van der Waals surface area (Å²) in [5, 5.41) is 0. The monoisotopic (exact) mass is 176 g/mol. The zero-order chi connectivity index (χ0) is 7.56. The molecule has 0 unspecified atom stereocenters. The Kier molecular flexibility index (Phi) is 3.85. The first-order valence-corrected chi connectivity index (χ1v) is 2.98. The highest BCUT2D eigenvalue weighted by Gasteiger charge is 1.97. The van der Waals surface area contributed by atoms with Gasteiger partial charge in [0.05, 0.1) is 0 Å². The Bertz CT molecular complexity index is 240. The Hall–Kier alpha value is -0.800. The molecule has 0 aliphatic rings. The summed E-state index contributed by atoms with van der Waals surface area (Å²) in [4.78, 5) is 0. The molecule has 11 heavy (non-hydrogen) atoms. The SMILES string of the molecule is Cl.NCc1cc(N)ccc1F. The molecule has 0 aliphatic heterocycles. The summed E-state index contributed by atoms with van der Waals surface area (Å²) in [6, 6.07) is 4.36. The first kappa shape index (κ1) is 10.2. The van der Waals surface area contributed by atoms with E-state index in [0.29, 0.717) is 11.3 Å². The first-order valence-electron chi connectivity index (χ1n) is 2.98. The molecule has 0 saturated heterocycles. The van der Waals surface area contributed by atoms with Gasteiger partial charge in [-0.15, -0.1) is 12.4 Å². The minimum Gasteiger partial charge on any atom is -0.399 e. The fraction of sp³-hybridized carbons (Fsp3) is 0.143. The van der Waals surface area contributed by atoms with Crippen LogP contribution in [0.1, 0.15) is 5.56 Å². The minimum atomic E-state index is -0.295. The molecule has 1 rings (SSSR count). The van der Waals surface area contributed by atoms with Crippen molar-refractivity contribution >= 4 is 18.1 Å². The number of rotatable bonds is 1. The third-order valence-electron chi connectivity index (χ3n) is 1.29. The molecule has 0 aliphatic carbocycles. The topological polar surface area (TPSA) is 52.0 Å². The van der Waals surface area contributed by atoms with Crippen LogP contribution in [0.15, 0.2) is 18.2 Å². The summed E-state index contributed by atoms with van der Waals surface area (Å²) in [6.07, 6.45) is 0. The molecule has 0 heterocycles. The molecule has 0 radical (unpaired) electrons. The van der Waals surface area contributed by atoms with Crippen molar-refractivity contribution in [3.8, 4) is 0 Å². The molecule has 0 bridgehead atoms. The van der Waals surface area contributed by atoms with Gasteiger partial charge in [-0.1, -0.05) is 0 Å². The van der Waals surface area contributed by atoms with Crippen LogP contribution in [0.4, 0.5) is 10.1 Å². The molecule has 0 fully saturated rings. The van der Waals surface area contributed by atoms with E-state index in [1.54, 1.807) is 0 Å². The van der Waals surface area contributed by atoms with Crippen LogP contribution < -0.4 is 11.5 Å². The summed E-state index contributed by atoms with van der Waals surface area (Å²) in [5.74, 6) is -0.295. The van der Waals surface area contributed by atoms with E-state index in [4.69, 9.17) is 11.5 Å². The van der Waals surface area contributed by atoms with Gasteiger partial charge in [0.15, 0.2) is 0 Å². The van der Waals surface area contributed by atoms with Crippen LogP contribution >= 0.6 is 12.4 Å². The van der Waals surface area contributed by atoms with Crippen molar-refractivity contribution in [2.24, 2.45) is 5.73 Å². The molecule has 62 valence electrons. The highest BCUT2D eigenvalue weighted by molar-refractivity contribution is 5.85. The quantitative estimate of drug-likeness (QED) is 0.634. The summed E-state index contributed by atoms with van der Waals surface area (Å²) in [7, 11) is 0. The van der Waals surface area contributed by atoms with Crippen molar-refractivity contribution in [1.82, 2.24) is 0 Å². The van der Waals surface area contributed by atoms with E-state index in [2.05, 4.69) is 0 Å². The van der Waals surface area contributed by atoms with Gasteiger partial charge in [-0.05, 0) is 18.2 Å². The fourth-order valence-corrected chi connectivity index (χ4v) is 0.751. The van der Waals surface area contributed by atoms with Crippen molar-refractivity contribution in [2.75, 3.05) is 5.73 Å². The lowest BCUT2D eigenvalue weighted by atomic mass is 10.2. The molecular weight excluding hydrogens is 167 g/mol. The number of anilines is 1. The third-order valence-corrected chi connectivity index (χ3v) is 1.29. The van der Waals surface area contributed by atoms with Gasteiger partial charge < -0.3 is 11.5 Å². The molecule has 0 spiro atoms. The maximum atomic E-state index is 12.6. The lowest BCUT2D eigenvalue weighted by Gasteiger charge is -1.99. The van der Waals surface area contributed by atoms with E-state index in [9.17, 15) is 4.39 Å². The van der Waals surface area contributed by atoms with Crippen LogP contribution in [0, 0.1) is 5.82 Å². The summed E-state index contributed by atoms with van der Waals surface area (Å²) in [5.41, 5.74) is 11.6. The molecule has 0 saturated carbocycles. The summed E-state index contributed by atoms with van der Waals surface area (Å²) in [6.45, 7) is 0.191. The molecule has 2 nitrogen and oxygen atoms in total. The smallest absolute Gasteiger partial charge is 0.127 e. The molecule has 0 aromatic heterocycles. The van der Waals surface area contributed by atoms with Crippen molar-refractivity contribution < 1.29 is 4.39 Å². The largest absolute Gasteiger partial charge is 0.399 e. The second-order valence-electron chi connectivity index (χ2n) is 2.05. The number of nitrogen functional groups attached to an aromatic ring is 1. The lowest BCUT2D eigenvalue weighted by Crippen LogP contribution is -2.00. The normalized spacial score (nSPS) is 8.91. The van der Waals surface area contributed by atoms with Crippen molar-refractivity contribution in [2.45, 2.75) is 6.54 Å². The fourth-order valence-electron chi connectivity index (χ4n) is 0.751. The number of halogens is 2. The Labute approximate surface area is 70.8 Å². The molecule has 1 aromatic rings. The molecule has 0 atom stereocenters. The van der Waals surface area contributed by atoms with Crippen molar-refractivity contribution in [3.05, 3.63) is 29.6 Å². The zero-order valence-electron chi connectivity index (χ0n) is 5.88. The van der Waals surface area contributed by atoms with E-state index in [1.165, 1.54) is 18.2 Å². The van der Waals surface area contributed by atoms with Crippen LogP contribution in [0.2, 0.25) is 0 Å². The third kappa shape index (κ3) is 2.37. The van der Waals surface area contributed by atoms with Gasteiger partial charge in [0.2, 0.25) is 0 Å². The van der Waals surface area contributed by atoms with Crippen molar-refractivity contribution in [1.29, 1.82) is 0 Å². The number of hydrogen-bond acceptors (Lipinski definition) is 2. The first-order chi connectivity index (χ1) is 4.74. The van der Waals surface area contributed by atoms with Gasteiger partial charge in [0.25, 0.3) is 0 Å². The second kappa shape index (κ2) is 4.16. The maximum absolute atomic E-state index is 12.6. The standard InChI is InChI=1S/C7H9FN2.ClH/c8-7-2-1-6(10)3-5(7)4-9;/h1-3H,4,9-10H2;1H. The van der Waals surface area contributed by atoms with E-state index < -0.39 is 0 Å². The molecule has 4 N–H and O–H groups in total. The lowest BCUT2D eigenvalue weighted by molar-refractivity contribution is 0.611. The Morgan fingerprint density at radius 3 is 2.45 bits per heavy atom. The number of hydrogen-bond donors (Lipinski definition) is 2. The van der Waals surface area contributed by atoms with E-state index in [0.717, 1.165) is 0 Å². The van der Waals surface area contributed by atoms with Crippen LogP contribution in [0.3, 0.4) is 0 Å². The van der Waals surface area contributed by atoms with Gasteiger partial charge in [0, 0.05) is 17.8 Å². The number of benzene rings is 1. The molecule has 0 amide bonds. The van der Waals surface area contributed by atoms with Crippen LogP contribution in [-0.2, 0) is 6.54 Å². The van der Waals surface area contributed by atoms with Gasteiger partial charge in [-0.25, -0.2) is 4.39 Å². The predicted octanol–water partition coefficient (Wildman–Crippen LogP) is 1.29. The average Bonchev–Trinajstić information content (AvgIpc) is 1.94. The van der Waals surface area contributed by atoms with Crippen molar-refractivity contribution in [3.63, 3.8) is 0 Å². The predicted molar refractivity (Wildman–Crippen MR) is 46.0 cm³/mol. The van der Waals surface area contributed by atoms with E-state index >= 15 is 0 Å². The summed E-state index contributed by atoms with van der Waals surface area (Å²) < 4.78 is 12.6. The molecule has 4 heteroatoms.